The van der Waals surface area contributed by atoms with Crippen LogP contribution in [0.3, 0.4) is 0 Å². The summed E-state index contributed by atoms with van der Waals surface area (Å²) in [6.07, 6.45) is 4.03. The van der Waals surface area contributed by atoms with Crippen LogP contribution < -0.4 is 19.9 Å². The topological polar surface area (TPSA) is 111 Å². The Balaban J connectivity index is 1.36. The Morgan fingerprint density at radius 1 is 1.14 bits per heavy atom. The first kappa shape index (κ1) is 27.3. The van der Waals surface area contributed by atoms with Crippen molar-refractivity contribution in [2.75, 3.05) is 46.1 Å². The minimum absolute atomic E-state index is 0.00956. The molecule has 1 aliphatic rings. The first-order chi connectivity index (χ1) is 16.7. The van der Waals surface area contributed by atoms with E-state index < -0.39 is 10.0 Å². The van der Waals surface area contributed by atoms with Gasteiger partial charge in [0, 0.05) is 19.0 Å². The fourth-order valence-corrected chi connectivity index (χ4v) is 5.51. The van der Waals surface area contributed by atoms with Crippen LogP contribution in [0.2, 0.25) is 5.02 Å². The normalized spacial score (nSPS) is 15.2. The van der Waals surface area contributed by atoms with Crippen LogP contribution in [0.4, 0.5) is 5.69 Å². The number of sulfonamides is 1. The molecule has 1 saturated heterocycles. The molecule has 0 aliphatic carbocycles. The molecule has 0 amide bonds. The fraction of sp³-hybridized carbons (Fsp3) is 0.480. The van der Waals surface area contributed by atoms with Crippen LogP contribution in [0.1, 0.15) is 42.5 Å². The van der Waals surface area contributed by atoms with Gasteiger partial charge in [-0.25, -0.2) is 13.1 Å². The summed E-state index contributed by atoms with van der Waals surface area (Å²) in [5, 5.41) is 0.355. The standard InChI is InChI=1S/C25H34ClN3O5S/c1-33-19-5-7-20(8-6-19)35(31,32)28-12-3-13-29-14-10-18(11-15-29)4-9-24(30)21-16-22(26)23(27)17-25(21)34-2/h5-8,16-18,28H,3-4,9-15,27H2,1-2H3. The van der Waals surface area contributed by atoms with Gasteiger partial charge < -0.3 is 20.1 Å². The summed E-state index contributed by atoms with van der Waals surface area (Å²) in [5.74, 6) is 1.56. The summed E-state index contributed by atoms with van der Waals surface area (Å²) >= 11 is 6.09. The molecule has 1 fully saturated rings. The molecule has 1 heterocycles. The van der Waals surface area contributed by atoms with Crippen LogP contribution in [-0.2, 0) is 10.0 Å². The molecule has 0 unspecified atom stereocenters. The molecule has 3 N–H and O–H groups in total. The molecule has 0 saturated carbocycles. The van der Waals surface area contributed by atoms with Crippen LogP contribution in [-0.4, -0.2) is 59.5 Å². The van der Waals surface area contributed by atoms with Crippen molar-refractivity contribution in [3.63, 3.8) is 0 Å². The van der Waals surface area contributed by atoms with Crippen LogP contribution in [0, 0.1) is 5.92 Å². The summed E-state index contributed by atoms with van der Waals surface area (Å²) in [7, 11) is -0.472. The number of likely N-dealkylation sites (tertiary alicyclic amines) is 1. The molecule has 2 aromatic rings. The number of rotatable bonds is 12. The van der Waals surface area contributed by atoms with E-state index in [2.05, 4.69) is 9.62 Å². The number of benzene rings is 2. The number of carbonyl (C=O) groups excluding carboxylic acids is 1. The number of hydrogen-bond acceptors (Lipinski definition) is 7. The first-order valence-corrected chi connectivity index (χ1v) is 13.6. The third kappa shape index (κ3) is 7.57. The average molecular weight is 524 g/mol. The molecule has 0 aromatic heterocycles. The highest BCUT2D eigenvalue weighted by Crippen LogP contribution is 2.31. The zero-order valence-corrected chi connectivity index (χ0v) is 21.8. The van der Waals surface area contributed by atoms with Gasteiger partial charge in [-0.05, 0) is 81.6 Å². The molecule has 192 valence electrons. The van der Waals surface area contributed by atoms with Crippen LogP contribution in [0.5, 0.6) is 11.5 Å². The summed E-state index contributed by atoms with van der Waals surface area (Å²) in [6, 6.07) is 9.51. The molecule has 3 rings (SSSR count). The molecule has 8 nitrogen and oxygen atoms in total. The van der Waals surface area contributed by atoms with Crippen LogP contribution in [0.25, 0.3) is 0 Å². The average Bonchev–Trinajstić information content (AvgIpc) is 2.87. The lowest BCUT2D eigenvalue weighted by Gasteiger charge is -2.32. The van der Waals surface area contributed by atoms with Gasteiger partial charge in [-0.15, -0.1) is 0 Å². The SMILES string of the molecule is COc1ccc(S(=O)(=O)NCCCN2CCC(CCC(=O)c3cc(Cl)c(N)cc3OC)CC2)cc1. The number of hydrogen-bond donors (Lipinski definition) is 2. The predicted molar refractivity (Wildman–Crippen MR) is 138 cm³/mol. The van der Waals surface area contributed by atoms with Gasteiger partial charge in [-0.3, -0.25) is 4.79 Å². The van der Waals surface area contributed by atoms with Gasteiger partial charge >= 0.3 is 0 Å². The van der Waals surface area contributed by atoms with Crippen molar-refractivity contribution in [3.8, 4) is 11.5 Å². The van der Waals surface area contributed by atoms with E-state index in [0.29, 0.717) is 46.7 Å². The van der Waals surface area contributed by atoms with E-state index in [1.807, 2.05) is 0 Å². The summed E-state index contributed by atoms with van der Waals surface area (Å²) in [6.45, 7) is 3.11. The molecular formula is C25H34ClN3O5S. The Kier molecular flexibility index (Phi) is 9.80. The molecule has 10 heteroatoms. The number of halogens is 1. The van der Waals surface area contributed by atoms with Gasteiger partial charge in [-0.2, -0.15) is 0 Å². The molecule has 0 spiro atoms. The van der Waals surface area contributed by atoms with Crippen molar-refractivity contribution < 1.29 is 22.7 Å². The van der Waals surface area contributed by atoms with E-state index in [9.17, 15) is 13.2 Å². The molecule has 0 radical (unpaired) electrons. The number of nitrogens with one attached hydrogen (secondary N) is 1. The third-order valence-electron chi connectivity index (χ3n) is 6.42. The van der Waals surface area contributed by atoms with Crippen LogP contribution >= 0.6 is 11.6 Å². The molecule has 0 bridgehead atoms. The number of piperidine rings is 1. The minimum atomic E-state index is -3.53. The second-order valence-electron chi connectivity index (χ2n) is 8.75. The zero-order valence-electron chi connectivity index (χ0n) is 20.3. The smallest absolute Gasteiger partial charge is 0.240 e. The quantitative estimate of drug-likeness (QED) is 0.246. The Hall–Kier alpha value is -2.33. The van der Waals surface area contributed by atoms with E-state index >= 15 is 0 Å². The van der Waals surface area contributed by atoms with Gasteiger partial charge in [0.2, 0.25) is 10.0 Å². The summed E-state index contributed by atoms with van der Waals surface area (Å²) in [4.78, 5) is 15.3. The highest BCUT2D eigenvalue weighted by Gasteiger charge is 2.22. The van der Waals surface area contributed by atoms with E-state index in [1.165, 1.54) is 19.2 Å². The second-order valence-corrected chi connectivity index (χ2v) is 10.9. The minimum Gasteiger partial charge on any atom is -0.497 e. The predicted octanol–water partition coefficient (Wildman–Crippen LogP) is 3.98. The maximum atomic E-state index is 12.7. The monoisotopic (exact) mass is 523 g/mol. The molecule has 1 aliphatic heterocycles. The van der Waals surface area contributed by atoms with Crippen molar-refractivity contribution in [3.05, 3.63) is 47.0 Å². The summed E-state index contributed by atoms with van der Waals surface area (Å²) < 4.78 is 37.9. The van der Waals surface area contributed by atoms with Crippen molar-refractivity contribution in [1.29, 1.82) is 0 Å². The van der Waals surface area contributed by atoms with Crippen molar-refractivity contribution >= 4 is 33.1 Å². The molecule has 0 atom stereocenters. The van der Waals surface area contributed by atoms with Gasteiger partial charge in [0.05, 0.1) is 35.4 Å². The van der Waals surface area contributed by atoms with Crippen molar-refractivity contribution in [2.24, 2.45) is 5.92 Å². The Bertz CT molecular complexity index is 1100. The van der Waals surface area contributed by atoms with Gasteiger partial charge in [0.25, 0.3) is 0 Å². The Morgan fingerprint density at radius 2 is 1.83 bits per heavy atom. The number of ether oxygens (including phenoxy) is 2. The van der Waals surface area contributed by atoms with Crippen molar-refractivity contribution in [2.45, 2.75) is 37.0 Å². The third-order valence-corrected chi connectivity index (χ3v) is 8.22. The maximum absolute atomic E-state index is 12.7. The first-order valence-electron chi connectivity index (χ1n) is 11.8. The lowest BCUT2D eigenvalue weighted by Crippen LogP contribution is -2.36. The number of Topliss-reactive ketones (excluding diaryl/α,β-unsaturated/α-hetero) is 1. The fourth-order valence-electron chi connectivity index (χ4n) is 4.27. The van der Waals surface area contributed by atoms with Crippen molar-refractivity contribution in [1.82, 2.24) is 9.62 Å². The number of nitrogen functional groups attached to an aromatic ring is 1. The highest BCUT2D eigenvalue weighted by molar-refractivity contribution is 7.89. The Morgan fingerprint density at radius 3 is 2.46 bits per heavy atom. The van der Waals surface area contributed by atoms with Gasteiger partial charge in [0.15, 0.2) is 5.78 Å². The number of ketones is 1. The number of nitrogens with two attached hydrogens (primary N) is 1. The number of carbonyl (C=O) groups is 1. The molecule has 35 heavy (non-hydrogen) atoms. The van der Waals surface area contributed by atoms with Crippen LogP contribution in [0.15, 0.2) is 41.3 Å². The molecular weight excluding hydrogens is 490 g/mol. The lowest BCUT2D eigenvalue weighted by atomic mass is 9.90. The Labute approximate surface area is 212 Å². The van der Waals surface area contributed by atoms with E-state index in [0.717, 1.165) is 45.3 Å². The summed E-state index contributed by atoms with van der Waals surface area (Å²) in [5.41, 5.74) is 6.67. The molecule has 2 aromatic carbocycles. The highest BCUT2D eigenvalue weighted by atomic mass is 35.5. The largest absolute Gasteiger partial charge is 0.497 e. The number of methoxy groups -OCH3 is 2. The lowest BCUT2D eigenvalue weighted by molar-refractivity contribution is 0.0959. The van der Waals surface area contributed by atoms with E-state index in [4.69, 9.17) is 26.8 Å². The van der Waals surface area contributed by atoms with Gasteiger partial charge in [-0.1, -0.05) is 11.6 Å². The van der Waals surface area contributed by atoms with Gasteiger partial charge in [0.1, 0.15) is 11.5 Å². The number of nitrogens with zero attached hydrogens (tertiary/aromatic N) is 1. The van der Waals surface area contributed by atoms with E-state index in [1.54, 1.807) is 31.4 Å². The second kappa shape index (κ2) is 12.6. The van der Waals surface area contributed by atoms with E-state index in [-0.39, 0.29) is 10.7 Å². The maximum Gasteiger partial charge on any atom is 0.240 e. The number of anilines is 1. The zero-order chi connectivity index (χ0) is 25.4.